The molecule has 1 fully saturated rings. The van der Waals surface area contributed by atoms with E-state index in [1.165, 1.54) is 12.1 Å². The minimum atomic E-state index is -0.434. The molecule has 0 spiro atoms. The van der Waals surface area contributed by atoms with E-state index < -0.39 is 11.6 Å². The van der Waals surface area contributed by atoms with Crippen molar-refractivity contribution >= 4 is 5.69 Å². The van der Waals surface area contributed by atoms with Gasteiger partial charge >= 0.3 is 0 Å². The van der Waals surface area contributed by atoms with Gasteiger partial charge in [0.05, 0.1) is 0 Å². The van der Waals surface area contributed by atoms with Gasteiger partial charge in [0.25, 0.3) is 0 Å². The van der Waals surface area contributed by atoms with Gasteiger partial charge in [0, 0.05) is 25.2 Å². The number of benzene rings is 1. The molecule has 0 saturated carbocycles. The number of nitrogens with zero attached hydrogens (tertiary/aromatic N) is 1. The molecule has 1 atom stereocenters. The van der Waals surface area contributed by atoms with Crippen molar-refractivity contribution in [3.05, 3.63) is 29.3 Å². The van der Waals surface area contributed by atoms with Crippen LogP contribution < -0.4 is 10.2 Å². The second-order valence-corrected chi connectivity index (χ2v) is 6.19. The standard InChI is InChI=1S/C17H26F2N2/c1-4-14-7-5-6-8-21(14)17-15(18)9-13(10-16(17)19)11-20-12(2)3/h9-10,12,14,20H,4-8,11H2,1-3H3. The topological polar surface area (TPSA) is 15.3 Å². The molecule has 1 saturated heterocycles. The van der Waals surface area contributed by atoms with E-state index in [-0.39, 0.29) is 11.7 Å². The smallest absolute Gasteiger partial charge is 0.149 e. The third kappa shape index (κ3) is 3.94. The molecule has 0 amide bonds. The molecule has 1 aromatic carbocycles. The van der Waals surface area contributed by atoms with Gasteiger partial charge < -0.3 is 10.2 Å². The molecule has 1 aromatic rings. The summed E-state index contributed by atoms with van der Waals surface area (Å²) < 4.78 is 28.8. The van der Waals surface area contributed by atoms with Crippen molar-refractivity contribution in [2.75, 3.05) is 11.4 Å². The van der Waals surface area contributed by atoms with Crippen molar-refractivity contribution in [3.8, 4) is 0 Å². The SMILES string of the molecule is CCC1CCCCN1c1c(F)cc(CNC(C)C)cc1F. The molecule has 21 heavy (non-hydrogen) atoms. The molecule has 1 unspecified atom stereocenters. The Morgan fingerprint density at radius 2 is 1.90 bits per heavy atom. The average molecular weight is 296 g/mol. The lowest BCUT2D eigenvalue weighted by Gasteiger charge is -2.37. The first kappa shape index (κ1) is 16.2. The number of piperidine rings is 1. The Morgan fingerprint density at radius 3 is 2.48 bits per heavy atom. The summed E-state index contributed by atoms with van der Waals surface area (Å²) in [6, 6.07) is 3.48. The van der Waals surface area contributed by atoms with Crippen LogP contribution in [0.25, 0.3) is 0 Å². The minimum Gasteiger partial charge on any atom is -0.364 e. The quantitative estimate of drug-likeness (QED) is 0.874. The van der Waals surface area contributed by atoms with Crippen molar-refractivity contribution in [1.29, 1.82) is 0 Å². The zero-order chi connectivity index (χ0) is 15.4. The third-order valence-corrected chi connectivity index (χ3v) is 4.18. The fraction of sp³-hybridized carbons (Fsp3) is 0.647. The van der Waals surface area contributed by atoms with Crippen molar-refractivity contribution in [2.24, 2.45) is 0 Å². The summed E-state index contributed by atoms with van der Waals surface area (Å²) in [4.78, 5) is 1.92. The molecule has 1 heterocycles. The van der Waals surface area contributed by atoms with Crippen LogP contribution in [0.5, 0.6) is 0 Å². The maximum Gasteiger partial charge on any atom is 0.149 e. The van der Waals surface area contributed by atoms with Crippen LogP contribution in [0.4, 0.5) is 14.5 Å². The van der Waals surface area contributed by atoms with Gasteiger partial charge in [-0.25, -0.2) is 8.78 Å². The molecule has 118 valence electrons. The lowest BCUT2D eigenvalue weighted by Crippen LogP contribution is -2.40. The van der Waals surface area contributed by atoms with E-state index in [0.717, 1.165) is 32.2 Å². The highest BCUT2D eigenvalue weighted by Gasteiger charge is 2.26. The Balaban J connectivity index is 2.23. The van der Waals surface area contributed by atoms with Crippen LogP contribution in [-0.2, 0) is 6.54 Å². The van der Waals surface area contributed by atoms with Gasteiger partial charge in [-0.2, -0.15) is 0 Å². The summed E-state index contributed by atoms with van der Waals surface area (Å²) >= 11 is 0. The van der Waals surface area contributed by atoms with E-state index in [0.29, 0.717) is 18.2 Å². The highest BCUT2D eigenvalue weighted by molar-refractivity contribution is 5.52. The van der Waals surface area contributed by atoms with Gasteiger partial charge in [-0.05, 0) is 43.4 Å². The van der Waals surface area contributed by atoms with Gasteiger partial charge in [-0.15, -0.1) is 0 Å². The zero-order valence-corrected chi connectivity index (χ0v) is 13.3. The number of hydrogen-bond donors (Lipinski definition) is 1. The molecular weight excluding hydrogens is 270 g/mol. The molecular formula is C17H26F2N2. The molecule has 2 nitrogen and oxygen atoms in total. The molecule has 1 aliphatic heterocycles. The monoisotopic (exact) mass is 296 g/mol. The summed E-state index contributed by atoms with van der Waals surface area (Å²) in [7, 11) is 0. The van der Waals surface area contributed by atoms with Crippen molar-refractivity contribution in [2.45, 2.75) is 65.1 Å². The summed E-state index contributed by atoms with van der Waals surface area (Å²) in [5, 5.41) is 3.19. The van der Waals surface area contributed by atoms with E-state index >= 15 is 0 Å². The molecule has 1 aliphatic rings. The number of nitrogens with one attached hydrogen (secondary N) is 1. The van der Waals surface area contributed by atoms with E-state index in [1.807, 2.05) is 18.7 Å². The van der Waals surface area contributed by atoms with Gasteiger partial charge in [0.15, 0.2) is 0 Å². The lowest BCUT2D eigenvalue weighted by atomic mass is 9.98. The number of halogens is 2. The third-order valence-electron chi connectivity index (χ3n) is 4.18. The van der Waals surface area contributed by atoms with Crippen molar-refractivity contribution in [3.63, 3.8) is 0 Å². The van der Waals surface area contributed by atoms with E-state index in [2.05, 4.69) is 12.2 Å². The minimum absolute atomic E-state index is 0.162. The van der Waals surface area contributed by atoms with Crippen LogP contribution in [-0.4, -0.2) is 18.6 Å². The predicted octanol–water partition coefficient (Wildman–Crippen LogP) is 4.23. The largest absolute Gasteiger partial charge is 0.364 e. The zero-order valence-electron chi connectivity index (χ0n) is 13.3. The van der Waals surface area contributed by atoms with E-state index in [9.17, 15) is 8.78 Å². The Hall–Kier alpha value is -1.16. The first-order valence-electron chi connectivity index (χ1n) is 8.00. The van der Waals surface area contributed by atoms with Crippen LogP contribution in [0.2, 0.25) is 0 Å². The highest BCUT2D eigenvalue weighted by Crippen LogP contribution is 2.31. The Bertz CT molecular complexity index is 451. The normalized spacial score (nSPS) is 19.3. The molecule has 0 radical (unpaired) electrons. The molecule has 1 N–H and O–H groups in total. The Labute approximate surface area is 126 Å². The summed E-state index contributed by atoms with van der Waals surface area (Å²) in [5.74, 6) is -0.869. The first-order chi connectivity index (χ1) is 10.0. The highest BCUT2D eigenvalue weighted by atomic mass is 19.1. The van der Waals surface area contributed by atoms with Gasteiger partial charge in [0.1, 0.15) is 17.3 Å². The van der Waals surface area contributed by atoms with Gasteiger partial charge in [0.2, 0.25) is 0 Å². The summed E-state index contributed by atoms with van der Waals surface area (Å²) in [5.41, 5.74) is 0.822. The maximum absolute atomic E-state index is 14.4. The summed E-state index contributed by atoms with van der Waals surface area (Å²) in [6.45, 7) is 7.35. The molecule has 0 bridgehead atoms. The first-order valence-corrected chi connectivity index (χ1v) is 8.00. The van der Waals surface area contributed by atoms with Crippen molar-refractivity contribution in [1.82, 2.24) is 5.32 Å². The number of hydrogen-bond acceptors (Lipinski definition) is 2. The van der Waals surface area contributed by atoms with Gasteiger partial charge in [-0.1, -0.05) is 20.8 Å². The lowest BCUT2D eigenvalue weighted by molar-refractivity contribution is 0.434. The van der Waals surface area contributed by atoms with E-state index in [4.69, 9.17) is 0 Å². The van der Waals surface area contributed by atoms with E-state index in [1.54, 1.807) is 0 Å². The Morgan fingerprint density at radius 1 is 1.24 bits per heavy atom. The van der Waals surface area contributed by atoms with Crippen LogP contribution in [0.15, 0.2) is 12.1 Å². The molecule has 0 aliphatic carbocycles. The van der Waals surface area contributed by atoms with Crippen LogP contribution in [0.3, 0.4) is 0 Å². The summed E-state index contributed by atoms with van der Waals surface area (Å²) in [6.07, 6.45) is 4.10. The van der Waals surface area contributed by atoms with Crippen LogP contribution in [0, 0.1) is 11.6 Å². The fourth-order valence-corrected chi connectivity index (χ4v) is 3.04. The van der Waals surface area contributed by atoms with Gasteiger partial charge in [-0.3, -0.25) is 0 Å². The molecule has 2 rings (SSSR count). The van der Waals surface area contributed by atoms with Crippen molar-refractivity contribution < 1.29 is 8.78 Å². The number of anilines is 1. The average Bonchev–Trinajstić information content (AvgIpc) is 2.45. The van der Waals surface area contributed by atoms with Crippen LogP contribution >= 0.6 is 0 Å². The molecule has 4 heteroatoms. The van der Waals surface area contributed by atoms with Crippen LogP contribution in [0.1, 0.15) is 52.0 Å². The second-order valence-electron chi connectivity index (χ2n) is 6.19. The second kappa shape index (κ2) is 7.21. The molecule has 0 aromatic heterocycles. The Kier molecular flexibility index (Phi) is 5.57. The number of rotatable bonds is 5. The maximum atomic E-state index is 14.4. The predicted molar refractivity (Wildman–Crippen MR) is 83.6 cm³/mol. The fourth-order valence-electron chi connectivity index (χ4n) is 3.04.